The molecule has 3 rings (SSSR count). The van der Waals surface area contributed by atoms with E-state index in [0.29, 0.717) is 6.54 Å². The van der Waals surface area contributed by atoms with Crippen LogP contribution in [0.2, 0.25) is 0 Å². The molecule has 0 saturated heterocycles. The summed E-state index contributed by atoms with van der Waals surface area (Å²) in [5.41, 5.74) is 2.95. The van der Waals surface area contributed by atoms with Gasteiger partial charge in [-0.1, -0.05) is 0 Å². The Bertz CT molecular complexity index is 856. The van der Waals surface area contributed by atoms with Crippen LogP contribution in [0.5, 0.6) is 0 Å². The van der Waals surface area contributed by atoms with Crippen LogP contribution in [-0.2, 0) is 13.1 Å². The van der Waals surface area contributed by atoms with Crippen molar-refractivity contribution in [2.75, 3.05) is 0 Å². The fraction of sp³-hybridized carbons (Fsp3) is 0.250. The summed E-state index contributed by atoms with van der Waals surface area (Å²) in [4.78, 5) is 4.62. The van der Waals surface area contributed by atoms with Crippen molar-refractivity contribution in [2.24, 2.45) is 0 Å². The Morgan fingerprint density at radius 2 is 2.13 bits per heavy atom. The highest BCUT2D eigenvalue weighted by molar-refractivity contribution is 14.1. The summed E-state index contributed by atoms with van der Waals surface area (Å²) in [5.74, 6) is 0.600. The third-order valence-electron chi connectivity index (χ3n) is 3.55. The molecule has 0 atom stereocenters. The van der Waals surface area contributed by atoms with Crippen LogP contribution in [0, 0.1) is 16.3 Å². The minimum Gasteiger partial charge on any atom is -0.326 e. The summed E-state index contributed by atoms with van der Waals surface area (Å²) in [7, 11) is 0. The predicted octanol–water partition coefficient (Wildman–Crippen LogP) is 4.63. The zero-order chi connectivity index (χ0) is 16.6. The molecule has 0 unspecified atom stereocenters. The van der Waals surface area contributed by atoms with Gasteiger partial charge in [0.2, 0.25) is 0 Å². The van der Waals surface area contributed by atoms with E-state index in [0.717, 1.165) is 37.4 Å². The van der Waals surface area contributed by atoms with Crippen molar-refractivity contribution in [1.82, 2.24) is 19.3 Å². The lowest BCUT2D eigenvalue weighted by atomic mass is 10.2. The van der Waals surface area contributed by atoms with E-state index < -0.39 is 0 Å². The summed E-state index contributed by atoms with van der Waals surface area (Å²) in [6, 6.07) is 4.77. The number of aromatic nitrogens is 4. The molecule has 0 fully saturated rings. The van der Waals surface area contributed by atoms with Crippen LogP contribution in [0.25, 0.3) is 11.4 Å². The average Bonchev–Trinajstić information content (AvgIpc) is 3.03. The quantitative estimate of drug-likeness (QED) is 0.502. The summed E-state index contributed by atoms with van der Waals surface area (Å²) in [6.07, 6.45) is 3.87. The number of aryl methyl sites for hydroxylation is 2. The molecule has 0 spiro atoms. The number of imidazole rings is 1. The summed E-state index contributed by atoms with van der Waals surface area (Å²) < 4.78 is 19.2. The van der Waals surface area contributed by atoms with Crippen molar-refractivity contribution < 1.29 is 4.39 Å². The highest BCUT2D eigenvalue weighted by atomic mass is 127. The number of benzene rings is 1. The zero-order valence-corrected chi connectivity index (χ0v) is 16.5. The van der Waals surface area contributed by atoms with Gasteiger partial charge >= 0.3 is 0 Å². The Morgan fingerprint density at radius 1 is 1.35 bits per heavy atom. The molecular weight excluding hydrogens is 474 g/mol. The Kier molecular flexibility index (Phi) is 4.86. The minimum absolute atomic E-state index is 0.236. The second-order valence-corrected chi connectivity index (χ2v) is 7.15. The van der Waals surface area contributed by atoms with Crippen LogP contribution in [0.3, 0.4) is 0 Å². The maximum Gasteiger partial charge on any atom is 0.141 e. The second kappa shape index (κ2) is 6.72. The lowest BCUT2D eigenvalue weighted by molar-refractivity contribution is 0.627. The average molecular weight is 489 g/mol. The van der Waals surface area contributed by atoms with E-state index in [-0.39, 0.29) is 5.82 Å². The summed E-state index contributed by atoms with van der Waals surface area (Å²) in [6.45, 7) is 5.48. The highest BCUT2D eigenvalue weighted by Crippen LogP contribution is 2.27. The van der Waals surface area contributed by atoms with Crippen LogP contribution in [0.15, 0.2) is 35.2 Å². The fourth-order valence-electron chi connectivity index (χ4n) is 2.47. The van der Waals surface area contributed by atoms with Gasteiger partial charge in [0.05, 0.1) is 18.4 Å². The van der Waals surface area contributed by atoms with Crippen molar-refractivity contribution in [3.63, 3.8) is 0 Å². The molecule has 0 bridgehead atoms. The third kappa shape index (κ3) is 3.35. The van der Waals surface area contributed by atoms with Gasteiger partial charge in [0.1, 0.15) is 16.2 Å². The van der Waals surface area contributed by atoms with E-state index in [2.05, 4.69) is 60.1 Å². The molecule has 0 aliphatic heterocycles. The van der Waals surface area contributed by atoms with Gasteiger partial charge in [-0.25, -0.2) is 9.37 Å². The van der Waals surface area contributed by atoms with Gasteiger partial charge in [-0.2, -0.15) is 5.10 Å². The Balaban J connectivity index is 2.02. The Hall–Kier alpha value is -1.22. The van der Waals surface area contributed by atoms with Gasteiger partial charge in [-0.15, -0.1) is 0 Å². The molecule has 0 aliphatic rings. The first-order valence-electron chi connectivity index (χ1n) is 7.19. The number of nitrogens with zero attached hydrogens (tertiary/aromatic N) is 4. The molecule has 0 amide bonds. The van der Waals surface area contributed by atoms with Crippen LogP contribution in [0.1, 0.15) is 18.2 Å². The van der Waals surface area contributed by atoms with Gasteiger partial charge < -0.3 is 4.57 Å². The fourth-order valence-corrected chi connectivity index (χ4v) is 3.76. The molecular formula is C16H15BrFIN4. The third-order valence-corrected chi connectivity index (χ3v) is 5.36. The van der Waals surface area contributed by atoms with Gasteiger partial charge in [-0.3, -0.25) is 4.68 Å². The van der Waals surface area contributed by atoms with Crippen LogP contribution < -0.4 is 0 Å². The maximum absolute atomic E-state index is 13.4. The molecule has 120 valence electrons. The van der Waals surface area contributed by atoms with Crippen molar-refractivity contribution in [3.8, 4) is 11.4 Å². The van der Waals surface area contributed by atoms with Gasteiger partial charge in [0.25, 0.3) is 0 Å². The second-order valence-electron chi connectivity index (χ2n) is 5.23. The molecule has 7 heteroatoms. The first-order chi connectivity index (χ1) is 11.0. The lowest BCUT2D eigenvalue weighted by Crippen LogP contribution is -2.03. The van der Waals surface area contributed by atoms with E-state index in [9.17, 15) is 4.39 Å². The monoisotopic (exact) mass is 488 g/mol. The number of hydrogen-bond acceptors (Lipinski definition) is 2. The number of halogens is 3. The highest BCUT2D eigenvalue weighted by Gasteiger charge is 2.15. The van der Waals surface area contributed by atoms with Crippen LogP contribution in [0.4, 0.5) is 4.39 Å². The smallest absolute Gasteiger partial charge is 0.141 e. The topological polar surface area (TPSA) is 35.6 Å². The Morgan fingerprint density at radius 3 is 2.78 bits per heavy atom. The maximum atomic E-state index is 13.4. The first-order valence-corrected chi connectivity index (χ1v) is 9.06. The Labute approximate surface area is 156 Å². The van der Waals surface area contributed by atoms with Gasteiger partial charge in [-0.05, 0) is 70.6 Å². The van der Waals surface area contributed by atoms with E-state index in [4.69, 9.17) is 0 Å². The standard InChI is InChI=1S/C16H15BrFIN4/c1-3-23-15(17)11(7-20-23)9-22-8-10(2)21-16(22)13-5-4-12(18)6-14(13)19/h4-8H,3,9H2,1-2H3. The molecule has 3 aromatic rings. The molecule has 1 aromatic carbocycles. The van der Waals surface area contributed by atoms with Crippen molar-refractivity contribution in [3.05, 3.63) is 55.8 Å². The van der Waals surface area contributed by atoms with Crippen molar-refractivity contribution >= 4 is 38.5 Å². The van der Waals surface area contributed by atoms with Gasteiger partial charge in [0, 0.05) is 27.4 Å². The molecule has 0 radical (unpaired) electrons. The molecule has 0 aliphatic carbocycles. The van der Waals surface area contributed by atoms with Crippen molar-refractivity contribution in [1.29, 1.82) is 0 Å². The molecule has 2 aromatic heterocycles. The van der Waals surface area contributed by atoms with E-state index >= 15 is 0 Å². The summed E-state index contributed by atoms with van der Waals surface area (Å²) >= 11 is 5.74. The number of hydrogen-bond donors (Lipinski definition) is 0. The molecule has 4 nitrogen and oxygen atoms in total. The van der Waals surface area contributed by atoms with E-state index in [1.54, 1.807) is 6.07 Å². The van der Waals surface area contributed by atoms with Crippen LogP contribution >= 0.6 is 38.5 Å². The molecule has 0 saturated carbocycles. The predicted molar refractivity (Wildman–Crippen MR) is 99.8 cm³/mol. The molecule has 23 heavy (non-hydrogen) atoms. The molecule has 0 N–H and O–H groups in total. The summed E-state index contributed by atoms with van der Waals surface area (Å²) in [5, 5.41) is 4.35. The first kappa shape index (κ1) is 16.6. The van der Waals surface area contributed by atoms with Crippen molar-refractivity contribution in [2.45, 2.75) is 26.9 Å². The van der Waals surface area contributed by atoms with Crippen LogP contribution in [-0.4, -0.2) is 19.3 Å². The zero-order valence-electron chi connectivity index (χ0n) is 12.7. The van der Waals surface area contributed by atoms with E-state index in [1.807, 2.05) is 24.0 Å². The molecule has 2 heterocycles. The minimum atomic E-state index is -0.236. The largest absolute Gasteiger partial charge is 0.326 e. The normalized spacial score (nSPS) is 11.2. The van der Waals surface area contributed by atoms with Gasteiger partial charge in [0.15, 0.2) is 0 Å². The SMILES string of the molecule is CCn1ncc(Cn2cc(C)nc2-c2ccc(F)cc2I)c1Br. The number of rotatable bonds is 4. The van der Waals surface area contributed by atoms with E-state index in [1.165, 1.54) is 12.1 Å². The lowest BCUT2D eigenvalue weighted by Gasteiger charge is -2.09.